The van der Waals surface area contributed by atoms with Crippen LogP contribution in [0.2, 0.25) is 0 Å². The molecule has 0 radical (unpaired) electrons. The van der Waals surface area contributed by atoms with Crippen LogP contribution in [0.5, 0.6) is 11.5 Å². The number of carbonyl (C=O) groups is 1. The summed E-state index contributed by atoms with van der Waals surface area (Å²) in [5.74, 6) is 1.47. The maximum Gasteiger partial charge on any atom is 0.260 e. The molecule has 3 rings (SSSR count). The van der Waals surface area contributed by atoms with E-state index in [4.69, 9.17) is 14.2 Å². The summed E-state index contributed by atoms with van der Waals surface area (Å²) in [5.41, 5.74) is 0. The Morgan fingerprint density at radius 2 is 1.92 bits per heavy atom. The van der Waals surface area contributed by atoms with Crippen molar-refractivity contribution >= 4 is 17.2 Å². The number of nitrogens with zero attached hydrogens (tertiary/aromatic N) is 1. The first-order valence-corrected chi connectivity index (χ1v) is 9.80. The third-order valence-corrected chi connectivity index (χ3v) is 5.49. The molecule has 0 N–H and O–H groups in total. The maximum atomic E-state index is 12.8. The van der Waals surface area contributed by atoms with Gasteiger partial charge in [-0.3, -0.25) is 4.79 Å². The highest BCUT2D eigenvalue weighted by Gasteiger charge is 2.26. The lowest BCUT2D eigenvalue weighted by Crippen LogP contribution is -2.46. The molecular formula is C20H25NO4S. The standard InChI is InChI=1S/C20H25NO4S/c1-23-17-4-6-18(7-5-17)25-15-20(22)21(16-9-12-24-13-10-16)11-8-19-3-2-14-26-19/h2-7,14,16H,8-13,15H2,1H3. The zero-order valence-electron chi connectivity index (χ0n) is 15.1. The minimum Gasteiger partial charge on any atom is -0.497 e. The van der Waals surface area contributed by atoms with Gasteiger partial charge in [0.2, 0.25) is 0 Å². The van der Waals surface area contributed by atoms with Crippen molar-refractivity contribution in [1.82, 2.24) is 4.90 Å². The maximum absolute atomic E-state index is 12.8. The number of methoxy groups -OCH3 is 1. The van der Waals surface area contributed by atoms with Crippen LogP contribution in [0.1, 0.15) is 17.7 Å². The summed E-state index contributed by atoms with van der Waals surface area (Å²) in [6.07, 6.45) is 2.65. The molecule has 0 aliphatic carbocycles. The molecule has 2 aromatic rings. The third-order valence-electron chi connectivity index (χ3n) is 4.55. The van der Waals surface area contributed by atoms with Crippen molar-refractivity contribution in [1.29, 1.82) is 0 Å². The summed E-state index contributed by atoms with van der Waals surface area (Å²) in [5, 5.41) is 2.07. The van der Waals surface area contributed by atoms with E-state index in [1.807, 2.05) is 35.2 Å². The molecule has 1 amide bonds. The van der Waals surface area contributed by atoms with Crippen LogP contribution in [0, 0.1) is 0 Å². The van der Waals surface area contributed by atoms with Crippen LogP contribution in [-0.2, 0) is 16.0 Å². The molecule has 0 unspecified atom stereocenters. The predicted molar refractivity (Wildman–Crippen MR) is 102 cm³/mol. The van der Waals surface area contributed by atoms with Crippen LogP contribution in [0.15, 0.2) is 41.8 Å². The van der Waals surface area contributed by atoms with Gasteiger partial charge in [0, 0.05) is 30.7 Å². The van der Waals surface area contributed by atoms with Crippen LogP contribution in [-0.4, -0.2) is 50.3 Å². The van der Waals surface area contributed by atoms with Gasteiger partial charge in [0.1, 0.15) is 11.5 Å². The number of thiophene rings is 1. The van der Waals surface area contributed by atoms with Gasteiger partial charge >= 0.3 is 0 Å². The normalized spacial score (nSPS) is 14.8. The molecule has 2 heterocycles. The minimum absolute atomic E-state index is 0.0317. The van der Waals surface area contributed by atoms with Crippen molar-refractivity contribution in [3.63, 3.8) is 0 Å². The van der Waals surface area contributed by atoms with E-state index in [1.54, 1.807) is 18.4 Å². The lowest BCUT2D eigenvalue weighted by Gasteiger charge is -2.34. The average molecular weight is 375 g/mol. The molecule has 0 spiro atoms. The second-order valence-electron chi connectivity index (χ2n) is 6.22. The molecule has 1 aliphatic rings. The first kappa shape index (κ1) is 18.7. The topological polar surface area (TPSA) is 48.0 Å². The van der Waals surface area contributed by atoms with E-state index >= 15 is 0 Å². The van der Waals surface area contributed by atoms with Crippen molar-refractivity contribution in [3.8, 4) is 11.5 Å². The Balaban J connectivity index is 1.58. The van der Waals surface area contributed by atoms with E-state index in [1.165, 1.54) is 4.88 Å². The van der Waals surface area contributed by atoms with E-state index in [0.717, 1.165) is 31.6 Å². The molecule has 140 valence electrons. The van der Waals surface area contributed by atoms with Gasteiger partial charge in [0.05, 0.1) is 7.11 Å². The zero-order valence-corrected chi connectivity index (χ0v) is 15.9. The Labute approximate surface area is 158 Å². The molecule has 0 atom stereocenters. The van der Waals surface area contributed by atoms with Gasteiger partial charge in [-0.1, -0.05) is 6.07 Å². The van der Waals surface area contributed by atoms with E-state index in [-0.39, 0.29) is 18.6 Å². The Morgan fingerprint density at radius 1 is 1.19 bits per heavy atom. The summed E-state index contributed by atoms with van der Waals surface area (Å²) < 4.78 is 16.3. The van der Waals surface area contributed by atoms with Crippen LogP contribution >= 0.6 is 11.3 Å². The highest BCUT2D eigenvalue weighted by atomic mass is 32.1. The quantitative estimate of drug-likeness (QED) is 0.710. The summed E-state index contributed by atoms with van der Waals surface area (Å²) >= 11 is 1.73. The fourth-order valence-corrected chi connectivity index (χ4v) is 3.79. The van der Waals surface area contributed by atoms with E-state index in [2.05, 4.69) is 11.4 Å². The summed E-state index contributed by atoms with van der Waals surface area (Å²) in [4.78, 5) is 16.1. The molecule has 1 aromatic heterocycles. The van der Waals surface area contributed by atoms with Gasteiger partial charge in [-0.25, -0.2) is 0 Å². The number of hydrogen-bond donors (Lipinski definition) is 0. The number of amides is 1. The van der Waals surface area contributed by atoms with Crippen molar-refractivity contribution in [2.75, 3.05) is 33.5 Å². The highest BCUT2D eigenvalue weighted by Crippen LogP contribution is 2.19. The first-order valence-electron chi connectivity index (χ1n) is 8.92. The van der Waals surface area contributed by atoms with Crippen LogP contribution in [0.3, 0.4) is 0 Å². The Kier molecular flexibility index (Phi) is 6.91. The molecular weight excluding hydrogens is 350 g/mol. The molecule has 1 saturated heterocycles. The van der Waals surface area contributed by atoms with Crippen molar-refractivity contribution in [2.24, 2.45) is 0 Å². The number of ether oxygens (including phenoxy) is 3. The number of carbonyl (C=O) groups excluding carboxylic acids is 1. The van der Waals surface area contributed by atoms with Gasteiger partial charge in [-0.05, 0) is 55.0 Å². The molecule has 26 heavy (non-hydrogen) atoms. The monoisotopic (exact) mass is 375 g/mol. The second-order valence-corrected chi connectivity index (χ2v) is 7.26. The van der Waals surface area contributed by atoms with Gasteiger partial charge in [0.25, 0.3) is 5.91 Å². The second kappa shape index (κ2) is 9.59. The summed E-state index contributed by atoms with van der Waals surface area (Å²) in [6.45, 7) is 2.20. The molecule has 0 saturated carbocycles. The smallest absolute Gasteiger partial charge is 0.260 e. The highest BCUT2D eigenvalue weighted by molar-refractivity contribution is 7.09. The fraction of sp³-hybridized carbons (Fsp3) is 0.450. The van der Waals surface area contributed by atoms with Gasteiger partial charge < -0.3 is 19.1 Å². The van der Waals surface area contributed by atoms with Crippen LogP contribution in [0.4, 0.5) is 0 Å². The fourth-order valence-electron chi connectivity index (χ4n) is 3.09. The Morgan fingerprint density at radius 3 is 2.58 bits per heavy atom. The SMILES string of the molecule is COc1ccc(OCC(=O)N(CCc2cccs2)C2CCOCC2)cc1. The lowest BCUT2D eigenvalue weighted by atomic mass is 10.1. The van der Waals surface area contributed by atoms with E-state index < -0.39 is 0 Å². The van der Waals surface area contributed by atoms with Crippen molar-refractivity contribution in [3.05, 3.63) is 46.7 Å². The molecule has 5 nitrogen and oxygen atoms in total. The Bertz CT molecular complexity index is 666. The molecule has 1 aromatic carbocycles. The van der Waals surface area contributed by atoms with Crippen molar-refractivity contribution < 1.29 is 19.0 Å². The average Bonchev–Trinajstić information content (AvgIpc) is 3.21. The number of rotatable bonds is 8. The van der Waals surface area contributed by atoms with Gasteiger partial charge in [-0.2, -0.15) is 0 Å². The van der Waals surface area contributed by atoms with Gasteiger partial charge in [0.15, 0.2) is 6.61 Å². The molecule has 1 aliphatic heterocycles. The van der Waals surface area contributed by atoms with Crippen LogP contribution in [0.25, 0.3) is 0 Å². The summed E-state index contributed by atoms with van der Waals surface area (Å²) in [7, 11) is 1.62. The van der Waals surface area contributed by atoms with E-state index in [9.17, 15) is 4.79 Å². The predicted octanol–water partition coefficient (Wildman–Crippen LogP) is 3.39. The first-order chi connectivity index (χ1) is 12.8. The molecule has 1 fully saturated rings. The van der Waals surface area contributed by atoms with Crippen molar-refractivity contribution in [2.45, 2.75) is 25.3 Å². The lowest BCUT2D eigenvalue weighted by molar-refractivity contribution is -0.137. The van der Waals surface area contributed by atoms with E-state index in [0.29, 0.717) is 19.0 Å². The van der Waals surface area contributed by atoms with Gasteiger partial charge in [-0.15, -0.1) is 11.3 Å². The minimum atomic E-state index is 0.0317. The largest absolute Gasteiger partial charge is 0.497 e. The third kappa shape index (κ3) is 5.22. The summed E-state index contributed by atoms with van der Waals surface area (Å²) in [6, 6.07) is 11.7. The number of hydrogen-bond acceptors (Lipinski definition) is 5. The molecule has 0 bridgehead atoms. The Hall–Kier alpha value is -2.05. The zero-order chi connectivity index (χ0) is 18.2. The van der Waals surface area contributed by atoms with Crippen LogP contribution < -0.4 is 9.47 Å². The molecule has 6 heteroatoms. The number of benzene rings is 1.